The van der Waals surface area contributed by atoms with Crippen LogP contribution in [0.3, 0.4) is 0 Å². The van der Waals surface area contributed by atoms with Crippen molar-refractivity contribution in [1.29, 1.82) is 0 Å². The van der Waals surface area contributed by atoms with Crippen molar-refractivity contribution in [3.8, 4) is 5.88 Å². The van der Waals surface area contributed by atoms with Gasteiger partial charge in [-0.05, 0) is 12.5 Å². The Hall–Kier alpha value is -2.63. The Kier molecular flexibility index (Phi) is 12.3. The van der Waals surface area contributed by atoms with Gasteiger partial charge in [0, 0.05) is 11.8 Å². The first-order chi connectivity index (χ1) is 16.1. The number of para-hydroxylation sites is 1. The lowest BCUT2D eigenvalue weighted by Crippen LogP contribution is -2.17. The zero-order chi connectivity index (χ0) is 23.9. The van der Waals surface area contributed by atoms with E-state index < -0.39 is 12.1 Å². The van der Waals surface area contributed by atoms with Crippen LogP contribution in [0.15, 0.2) is 24.3 Å². The molecule has 182 valence electrons. The lowest BCUT2D eigenvalue weighted by atomic mass is 10.0. The van der Waals surface area contributed by atoms with Gasteiger partial charge in [0.1, 0.15) is 0 Å². The Bertz CT molecular complexity index is 886. The molecule has 33 heavy (non-hydrogen) atoms. The minimum Gasteiger partial charge on any atom is -0.452 e. The van der Waals surface area contributed by atoms with Crippen LogP contribution < -0.4 is 4.74 Å². The number of carbonyl (C=O) groups excluding carboxylic acids is 3. The van der Waals surface area contributed by atoms with Crippen molar-refractivity contribution < 1.29 is 23.9 Å². The van der Waals surface area contributed by atoms with E-state index in [2.05, 4.69) is 6.92 Å². The predicted octanol–water partition coefficient (Wildman–Crippen LogP) is 7.46. The van der Waals surface area contributed by atoms with Gasteiger partial charge in [0.25, 0.3) is 0 Å². The first kappa shape index (κ1) is 26.6. The van der Waals surface area contributed by atoms with Crippen molar-refractivity contribution >= 4 is 29.3 Å². The molecule has 0 aliphatic rings. The summed E-state index contributed by atoms with van der Waals surface area (Å²) in [5, 5.41) is 0.543. The Morgan fingerprint density at radius 1 is 0.848 bits per heavy atom. The van der Waals surface area contributed by atoms with E-state index in [9.17, 15) is 14.4 Å². The van der Waals surface area contributed by atoms with E-state index in [-0.39, 0.29) is 17.9 Å². The quantitative estimate of drug-likeness (QED) is 0.149. The Morgan fingerprint density at radius 2 is 1.39 bits per heavy atom. The fourth-order valence-corrected chi connectivity index (χ4v) is 4.17. The van der Waals surface area contributed by atoms with Gasteiger partial charge in [-0.1, -0.05) is 102 Å². The number of fused-ring (bicyclic) bond motifs is 1. The maximum atomic E-state index is 12.4. The van der Waals surface area contributed by atoms with E-state index >= 15 is 0 Å². The summed E-state index contributed by atoms with van der Waals surface area (Å²) >= 11 is 0. The van der Waals surface area contributed by atoms with Crippen molar-refractivity contribution in [2.75, 3.05) is 7.11 Å². The van der Waals surface area contributed by atoms with Crippen LogP contribution in [-0.2, 0) is 9.53 Å². The number of esters is 1. The van der Waals surface area contributed by atoms with Crippen LogP contribution in [0.1, 0.15) is 107 Å². The molecule has 0 fully saturated rings. The van der Waals surface area contributed by atoms with Gasteiger partial charge in [0.05, 0.1) is 18.2 Å². The zero-order valence-electron chi connectivity index (χ0n) is 20.3. The van der Waals surface area contributed by atoms with E-state index in [1.165, 1.54) is 71.3 Å². The molecule has 1 aromatic carbocycles. The minimum absolute atomic E-state index is 0.0715. The van der Waals surface area contributed by atoms with Crippen molar-refractivity contribution in [2.45, 2.75) is 96.8 Å². The van der Waals surface area contributed by atoms with E-state index in [0.29, 0.717) is 17.2 Å². The molecular weight excluding hydrogens is 418 g/mol. The van der Waals surface area contributed by atoms with Gasteiger partial charge in [-0.2, -0.15) is 0 Å². The highest BCUT2D eigenvalue weighted by Crippen LogP contribution is 2.31. The second-order valence-electron chi connectivity index (χ2n) is 8.63. The summed E-state index contributed by atoms with van der Waals surface area (Å²) in [5.41, 5.74) is 0.643. The third kappa shape index (κ3) is 8.34. The normalized spacial score (nSPS) is 11.0. The zero-order valence-corrected chi connectivity index (χ0v) is 20.3. The molecule has 1 heterocycles. The minimum atomic E-state index is -0.706. The van der Waals surface area contributed by atoms with Crippen LogP contribution in [0.2, 0.25) is 0 Å². The molecule has 0 unspecified atom stereocenters. The molecule has 0 aliphatic heterocycles. The van der Waals surface area contributed by atoms with E-state index in [1.807, 2.05) is 0 Å². The molecular formula is C27H39NO5. The summed E-state index contributed by atoms with van der Waals surface area (Å²) < 4.78 is 11.4. The largest absolute Gasteiger partial charge is 0.452 e. The van der Waals surface area contributed by atoms with Crippen LogP contribution in [0.25, 0.3) is 10.9 Å². The highest BCUT2D eigenvalue weighted by Gasteiger charge is 2.24. The first-order valence-corrected chi connectivity index (χ1v) is 12.5. The second kappa shape index (κ2) is 15.3. The highest BCUT2D eigenvalue weighted by atomic mass is 16.6. The van der Waals surface area contributed by atoms with Gasteiger partial charge >= 0.3 is 12.1 Å². The molecule has 0 aliphatic carbocycles. The number of benzene rings is 1. The van der Waals surface area contributed by atoms with Crippen LogP contribution in [0.5, 0.6) is 5.88 Å². The van der Waals surface area contributed by atoms with E-state index in [0.717, 1.165) is 23.8 Å². The van der Waals surface area contributed by atoms with Gasteiger partial charge in [0.2, 0.25) is 5.88 Å². The van der Waals surface area contributed by atoms with Gasteiger partial charge < -0.3 is 9.47 Å². The number of aromatic nitrogens is 1. The summed E-state index contributed by atoms with van der Waals surface area (Å²) in [6, 6.07) is 6.90. The first-order valence-electron chi connectivity index (χ1n) is 12.5. The second-order valence-corrected chi connectivity index (χ2v) is 8.63. The van der Waals surface area contributed by atoms with Crippen molar-refractivity contribution in [3.63, 3.8) is 0 Å². The number of hydrogen-bond acceptors (Lipinski definition) is 5. The molecule has 0 N–H and O–H groups in total. The number of unbranched alkanes of at least 4 members (excludes halogenated alkanes) is 12. The number of methoxy groups -OCH3 is 1. The molecule has 0 saturated carbocycles. The standard InChI is InChI=1S/C27H39NO5/c1-3-4-5-6-7-8-9-10-11-12-13-14-15-20-25(30)33-26-23(21-29)22-18-16-17-19-24(22)28(26)27(31)32-2/h16-19,21H,3-15,20H2,1-2H3. The van der Waals surface area contributed by atoms with Gasteiger partial charge in [-0.15, -0.1) is 0 Å². The predicted molar refractivity (Wildman–Crippen MR) is 131 cm³/mol. The third-order valence-corrected chi connectivity index (χ3v) is 6.04. The average Bonchev–Trinajstić information content (AvgIpc) is 3.14. The number of nitrogens with zero attached hydrogens (tertiary/aromatic N) is 1. The smallest absolute Gasteiger partial charge is 0.421 e. The topological polar surface area (TPSA) is 74.6 Å². The summed E-state index contributed by atoms with van der Waals surface area (Å²) in [6.45, 7) is 2.25. The van der Waals surface area contributed by atoms with Crippen LogP contribution in [-0.4, -0.2) is 30.0 Å². The summed E-state index contributed by atoms with van der Waals surface area (Å²) in [7, 11) is 1.25. The molecule has 0 radical (unpaired) electrons. The molecule has 1 aromatic heterocycles. The number of hydrogen-bond donors (Lipinski definition) is 0. The molecule has 0 atom stereocenters. The van der Waals surface area contributed by atoms with Gasteiger partial charge in [-0.3, -0.25) is 9.59 Å². The molecule has 0 bridgehead atoms. The number of ether oxygens (including phenoxy) is 2. The van der Waals surface area contributed by atoms with Crippen molar-refractivity contribution in [3.05, 3.63) is 29.8 Å². The molecule has 2 rings (SSSR count). The van der Waals surface area contributed by atoms with Gasteiger partial charge in [-0.25, -0.2) is 9.36 Å². The van der Waals surface area contributed by atoms with Crippen molar-refractivity contribution in [1.82, 2.24) is 4.57 Å². The fourth-order valence-electron chi connectivity index (χ4n) is 4.17. The SMILES string of the molecule is CCCCCCCCCCCCCCCC(=O)Oc1c(C=O)c2ccccc2n1C(=O)OC. The maximum absolute atomic E-state index is 12.4. The molecule has 0 saturated heterocycles. The number of aldehydes is 1. The summed E-state index contributed by atoms with van der Waals surface area (Å²) in [4.78, 5) is 36.4. The molecule has 2 aromatic rings. The summed E-state index contributed by atoms with van der Waals surface area (Å²) in [6.07, 6.45) is 16.1. The Morgan fingerprint density at radius 3 is 1.94 bits per heavy atom. The Balaban J connectivity index is 1.71. The van der Waals surface area contributed by atoms with E-state index in [1.54, 1.807) is 24.3 Å². The van der Waals surface area contributed by atoms with Crippen LogP contribution in [0, 0.1) is 0 Å². The lowest BCUT2D eigenvalue weighted by Gasteiger charge is -2.09. The summed E-state index contributed by atoms with van der Waals surface area (Å²) in [5.74, 6) is -0.521. The molecule has 0 spiro atoms. The molecule has 6 heteroatoms. The molecule has 0 amide bonds. The lowest BCUT2D eigenvalue weighted by molar-refractivity contribution is -0.134. The third-order valence-electron chi connectivity index (χ3n) is 6.04. The average molecular weight is 458 g/mol. The number of carbonyl (C=O) groups is 3. The van der Waals surface area contributed by atoms with Gasteiger partial charge in [0.15, 0.2) is 6.29 Å². The van der Waals surface area contributed by atoms with Crippen LogP contribution in [0.4, 0.5) is 4.79 Å². The monoisotopic (exact) mass is 457 g/mol. The van der Waals surface area contributed by atoms with Crippen LogP contribution >= 0.6 is 0 Å². The molecule has 6 nitrogen and oxygen atoms in total. The highest BCUT2D eigenvalue weighted by molar-refractivity contribution is 6.05. The fraction of sp³-hybridized carbons (Fsp3) is 0.593. The van der Waals surface area contributed by atoms with E-state index in [4.69, 9.17) is 9.47 Å². The number of rotatable bonds is 16. The van der Waals surface area contributed by atoms with Crippen molar-refractivity contribution in [2.24, 2.45) is 0 Å². The maximum Gasteiger partial charge on any atom is 0.421 e. The Labute approximate surface area is 197 Å².